The molecule has 0 spiro atoms. The number of benzene rings is 1. The zero-order valence-electron chi connectivity index (χ0n) is 11.7. The number of halogens is 1. The Morgan fingerprint density at radius 3 is 2.11 bits per heavy atom. The van der Waals surface area contributed by atoms with Crippen molar-refractivity contribution in [2.24, 2.45) is 0 Å². The van der Waals surface area contributed by atoms with E-state index in [0.717, 1.165) is 11.0 Å². The number of rotatable bonds is 2. The maximum atomic E-state index is 6.04. The van der Waals surface area contributed by atoms with Gasteiger partial charge in [0.2, 0.25) is 0 Å². The molecule has 1 saturated heterocycles. The Hall–Kier alpha value is -0.505. The van der Waals surface area contributed by atoms with E-state index in [2.05, 4.69) is 52.8 Å². The van der Waals surface area contributed by atoms with Crippen molar-refractivity contribution in [3.05, 3.63) is 29.3 Å². The van der Waals surface area contributed by atoms with Crippen LogP contribution < -0.4 is 5.46 Å². The van der Waals surface area contributed by atoms with Crippen molar-refractivity contribution in [1.82, 2.24) is 0 Å². The molecule has 4 heteroatoms. The van der Waals surface area contributed by atoms with Crippen LogP contribution in [0.25, 0.3) is 0 Å². The Balaban J connectivity index is 2.32. The quantitative estimate of drug-likeness (QED) is 0.605. The van der Waals surface area contributed by atoms with E-state index in [1.165, 1.54) is 5.56 Å². The molecule has 0 unspecified atom stereocenters. The molecule has 18 heavy (non-hydrogen) atoms. The van der Waals surface area contributed by atoms with Crippen LogP contribution in [0.5, 0.6) is 0 Å². The Labute approximate surface area is 115 Å². The predicted molar refractivity (Wildman–Crippen MR) is 76.5 cm³/mol. The lowest BCUT2D eigenvalue weighted by molar-refractivity contribution is 0.00578. The minimum atomic E-state index is -0.308. The molecule has 1 aromatic rings. The monoisotopic (exact) mass is 266 g/mol. The van der Waals surface area contributed by atoms with Crippen molar-refractivity contribution in [3.8, 4) is 0 Å². The molecule has 0 N–H and O–H groups in total. The van der Waals surface area contributed by atoms with Crippen LogP contribution in [0.15, 0.2) is 18.2 Å². The lowest BCUT2D eigenvalue weighted by atomic mass is 9.77. The summed E-state index contributed by atoms with van der Waals surface area (Å²) >= 11 is 5.91. The van der Waals surface area contributed by atoms with Crippen molar-refractivity contribution in [2.45, 2.75) is 51.7 Å². The van der Waals surface area contributed by atoms with Gasteiger partial charge in [-0.25, -0.2) is 0 Å². The van der Waals surface area contributed by atoms with Crippen LogP contribution in [-0.4, -0.2) is 18.3 Å². The molecule has 0 aromatic heterocycles. The summed E-state index contributed by atoms with van der Waals surface area (Å²) in [5.74, 6) is 0.508. The molecule has 0 amide bonds. The van der Waals surface area contributed by atoms with Crippen LogP contribution in [0.3, 0.4) is 0 Å². The van der Waals surface area contributed by atoms with Crippen molar-refractivity contribution in [3.63, 3.8) is 0 Å². The van der Waals surface area contributed by atoms with E-state index >= 15 is 0 Å². The zero-order chi connectivity index (χ0) is 13.6. The van der Waals surface area contributed by atoms with Crippen molar-refractivity contribution < 1.29 is 9.31 Å². The predicted octanol–water partition coefficient (Wildman–Crippen LogP) is 3.03. The average molecular weight is 267 g/mol. The smallest absolute Gasteiger partial charge is 0.399 e. The molecule has 0 aliphatic carbocycles. The van der Waals surface area contributed by atoms with Crippen molar-refractivity contribution >= 4 is 24.2 Å². The summed E-state index contributed by atoms with van der Waals surface area (Å²) in [7, 11) is -0.308. The molecule has 98 valence electrons. The molecule has 0 saturated carbocycles. The van der Waals surface area contributed by atoms with E-state index in [9.17, 15) is 0 Å². The summed E-state index contributed by atoms with van der Waals surface area (Å²) in [6.45, 7) is 10.3. The highest BCUT2D eigenvalue weighted by Gasteiger charge is 2.51. The van der Waals surface area contributed by atoms with Gasteiger partial charge in [-0.3, -0.25) is 0 Å². The van der Waals surface area contributed by atoms with Gasteiger partial charge >= 0.3 is 7.12 Å². The Kier molecular flexibility index (Phi) is 3.52. The normalized spacial score (nSPS) is 21.3. The summed E-state index contributed by atoms with van der Waals surface area (Å²) < 4.78 is 12.1. The Morgan fingerprint density at radius 2 is 1.61 bits per heavy atom. The van der Waals surface area contributed by atoms with E-state index < -0.39 is 0 Å². The van der Waals surface area contributed by atoms with Gasteiger partial charge in [-0.1, -0.05) is 23.8 Å². The molecule has 1 aliphatic rings. The largest absolute Gasteiger partial charge is 0.494 e. The van der Waals surface area contributed by atoms with Crippen molar-refractivity contribution in [2.75, 3.05) is 0 Å². The van der Waals surface area contributed by atoms with Gasteiger partial charge < -0.3 is 9.31 Å². The second-order valence-electron chi connectivity index (χ2n) is 5.97. The van der Waals surface area contributed by atoms with E-state index in [1.807, 2.05) is 0 Å². The maximum Gasteiger partial charge on any atom is 0.494 e. The Bertz CT molecular complexity index is 441. The number of hydrogen-bond donors (Lipinski definition) is 0. The number of hydrogen-bond acceptors (Lipinski definition) is 2. The van der Waals surface area contributed by atoms with E-state index in [4.69, 9.17) is 20.9 Å². The molecule has 2 nitrogen and oxygen atoms in total. The Morgan fingerprint density at radius 1 is 1.06 bits per heavy atom. The molecule has 0 atom stereocenters. The van der Waals surface area contributed by atoms with Gasteiger partial charge in [0.05, 0.1) is 11.2 Å². The summed E-state index contributed by atoms with van der Waals surface area (Å²) in [4.78, 5) is 0. The first kappa shape index (κ1) is 13.9. The zero-order valence-corrected chi connectivity index (χ0v) is 12.5. The molecular formula is C14H20BClO2. The highest BCUT2D eigenvalue weighted by molar-refractivity contribution is 6.62. The number of aryl methyl sites for hydroxylation is 1. The summed E-state index contributed by atoms with van der Waals surface area (Å²) in [5.41, 5.74) is 2.72. The van der Waals surface area contributed by atoms with Gasteiger partial charge in [0.15, 0.2) is 0 Å². The minimum Gasteiger partial charge on any atom is -0.399 e. The van der Waals surface area contributed by atoms with Crippen LogP contribution in [0.4, 0.5) is 0 Å². The number of alkyl halides is 1. The maximum absolute atomic E-state index is 6.04. The molecule has 0 radical (unpaired) electrons. The summed E-state index contributed by atoms with van der Waals surface area (Å²) in [5, 5.41) is 0. The van der Waals surface area contributed by atoms with Gasteiger partial charge in [0.25, 0.3) is 0 Å². The molecule has 1 aliphatic heterocycles. The molecule has 1 fully saturated rings. The molecule has 1 aromatic carbocycles. The molecule has 2 rings (SSSR count). The van der Waals surface area contributed by atoms with E-state index in [1.54, 1.807) is 0 Å². The van der Waals surface area contributed by atoms with Crippen LogP contribution in [-0.2, 0) is 15.2 Å². The third-order valence-corrected chi connectivity index (χ3v) is 4.15. The fourth-order valence-electron chi connectivity index (χ4n) is 2.09. The molecule has 0 bridgehead atoms. The van der Waals surface area contributed by atoms with E-state index in [0.29, 0.717) is 5.88 Å². The third-order valence-electron chi connectivity index (χ3n) is 3.84. The lowest BCUT2D eigenvalue weighted by Crippen LogP contribution is -2.41. The average Bonchev–Trinajstić information content (AvgIpc) is 2.47. The third kappa shape index (κ3) is 2.44. The fourth-order valence-corrected chi connectivity index (χ4v) is 2.24. The first-order valence-electron chi connectivity index (χ1n) is 6.27. The van der Waals surface area contributed by atoms with Crippen molar-refractivity contribution in [1.29, 1.82) is 0 Å². The van der Waals surface area contributed by atoms with Crippen LogP contribution >= 0.6 is 11.6 Å². The van der Waals surface area contributed by atoms with E-state index in [-0.39, 0.29) is 18.3 Å². The first-order valence-corrected chi connectivity index (χ1v) is 6.81. The second kappa shape index (κ2) is 4.55. The highest BCUT2D eigenvalue weighted by atomic mass is 35.5. The van der Waals surface area contributed by atoms with Gasteiger partial charge in [-0.05, 0) is 45.6 Å². The van der Waals surface area contributed by atoms with Gasteiger partial charge in [-0.2, -0.15) is 0 Å². The summed E-state index contributed by atoms with van der Waals surface area (Å²) in [6.07, 6.45) is 0. The molecular weight excluding hydrogens is 246 g/mol. The lowest BCUT2D eigenvalue weighted by Gasteiger charge is -2.32. The van der Waals surface area contributed by atoms with Gasteiger partial charge in [0.1, 0.15) is 0 Å². The van der Waals surface area contributed by atoms with Crippen LogP contribution in [0.1, 0.15) is 38.8 Å². The fraction of sp³-hybridized carbons (Fsp3) is 0.571. The van der Waals surface area contributed by atoms with Crippen LogP contribution in [0, 0.1) is 6.92 Å². The van der Waals surface area contributed by atoms with Crippen LogP contribution in [0.2, 0.25) is 0 Å². The first-order chi connectivity index (χ1) is 8.25. The SMILES string of the molecule is Cc1cc(CCl)cc(B2OC(C)(C)C(C)(C)O2)c1. The van der Waals surface area contributed by atoms with Gasteiger partial charge in [-0.15, -0.1) is 11.6 Å². The standard InChI is InChI=1S/C14H20BClO2/c1-10-6-11(9-16)8-12(7-10)15-17-13(2,3)14(4,5)18-15/h6-8H,9H2,1-5H3. The van der Waals surface area contributed by atoms with Gasteiger partial charge in [0, 0.05) is 5.88 Å². The topological polar surface area (TPSA) is 18.5 Å². The summed E-state index contributed by atoms with van der Waals surface area (Å²) in [6, 6.07) is 6.24. The molecule has 1 heterocycles. The minimum absolute atomic E-state index is 0.303. The highest BCUT2D eigenvalue weighted by Crippen LogP contribution is 2.36. The second-order valence-corrected chi connectivity index (χ2v) is 6.24.